The number of aryl methyl sites for hydroxylation is 3. The molecule has 0 aromatic heterocycles. The number of carbonyl (C=O) groups is 1. The summed E-state index contributed by atoms with van der Waals surface area (Å²) in [6.45, 7) is 6.93. The standard InChI is InChI=1S/C19H22Cl2N2O/c1-12-7-13(2)19(14(3)8-12)22-18(24)11-23(4)10-15-5-6-16(20)9-17(15)21/h5-9H,10-11H2,1-4H3,(H,22,24). The van der Waals surface area contributed by atoms with Crippen LogP contribution >= 0.6 is 23.2 Å². The SMILES string of the molecule is Cc1cc(C)c(NC(=O)CN(C)Cc2ccc(Cl)cc2Cl)c(C)c1. The number of likely N-dealkylation sites (N-methyl/N-ethyl adjacent to an activating group) is 1. The molecule has 0 heterocycles. The fourth-order valence-corrected chi connectivity index (χ4v) is 3.27. The first-order chi connectivity index (χ1) is 11.3. The van der Waals surface area contributed by atoms with Crippen molar-refractivity contribution < 1.29 is 4.79 Å². The monoisotopic (exact) mass is 364 g/mol. The second-order valence-corrected chi connectivity index (χ2v) is 7.07. The Kier molecular flexibility index (Phi) is 6.27. The van der Waals surface area contributed by atoms with Crippen molar-refractivity contribution in [1.82, 2.24) is 4.90 Å². The van der Waals surface area contributed by atoms with Crippen LogP contribution in [0.25, 0.3) is 0 Å². The van der Waals surface area contributed by atoms with E-state index >= 15 is 0 Å². The quantitative estimate of drug-likeness (QED) is 0.810. The van der Waals surface area contributed by atoms with Gasteiger partial charge in [-0.25, -0.2) is 0 Å². The van der Waals surface area contributed by atoms with Gasteiger partial charge in [-0.2, -0.15) is 0 Å². The van der Waals surface area contributed by atoms with E-state index in [9.17, 15) is 4.79 Å². The molecule has 0 fully saturated rings. The van der Waals surface area contributed by atoms with Crippen LogP contribution in [0.1, 0.15) is 22.3 Å². The Bertz CT molecular complexity index is 736. The summed E-state index contributed by atoms with van der Waals surface area (Å²) in [7, 11) is 1.89. The van der Waals surface area contributed by atoms with Gasteiger partial charge in [-0.05, 0) is 56.6 Å². The first-order valence-electron chi connectivity index (χ1n) is 7.76. The molecule has 0 radical (unpaired) electrons. The minimum absolute atomic E-state index is 0.0439. The highest BCUT2D eigenvalue weighted by molar-refractivity contribution is 6.35. The summed E-state index contributed by atoms with van der Waals surface area (Å²) in [5.74, 6) is -0.0439. The second-order valence-electron chi connectivity index (χ2n) is 6.23. The molecule has 0 aliphatic rings. The van der Waals surface area contributed by atoms with Gasteiger partial charge in [0.25, 0.3) is 0 Å². The lowest BCUT2D eigenvalue weighted by Gasteiger charge is -2.19. The molecular weight excluding hydrogens is 343 g/mol. The highest BCUT2D eigenvalue weighted by atomic mass is 35.5. The van der Waals surface area contributed by atoms with E-state index in [1.165, 1.54) is 5.56 Å². The number of halogens is 2. The molecule has 0 saturated carbocycles. The van der Waals surface area contributed by atoms with Crippen molar-refractivity contribution in [2.75, 3.05) is 18.9 Å². The normalized spacial score (nSPS) is 11.0. The van der Waals surface area contributed by atoms with E-state index < -0.39 is 0 Å². The Balaban J connectivity index is 1.99. The number of benzene rings is 2. The number of nitrogens with one attached hydrogen (secondary N) is 1. The minimum atomic E-state index is -0.0439. The van der Waals surface area contributed by atoms with Crippen molar-refractivity contribution in [2.24, 2.45) is 0 Å². The summed E-state index contributed by atoms with van der Waals surface area (Å²) < 4.78 is 0. The maximum Gasteiger partial charge on any atom is 0.238 e. The van der Waals surface area contributed by atoms with Gasteiger partial charge in [-0.3, -0.25) is 9.69 Å². The average Bonchev–Trinajstić information content (AvgIpc) is 2.45. The average molecular weight is 365 g/mol. The largest absolute Gasteiger partial charge is 0.324 e. The molecule has 128 valence electrons. The van der Waals surface area contributed by atoms with Gasteiger partial charge in [0, 0.05) is 22.3 Å². The molecule has 1 N–H and O–H groups in total. The van der Waals surface area contributed by atoms with Gasteiger partial charge in [-0.1, -0.05) is 47.0 Å². The van der Waals surface area contributed by atoms with E-state index in [4.69, 9.17) is 23.2 Å². The number of hydrogen-bond acceptors (Lipinski definition) is 2. The van der Waals surface area contributed by atoms with Crippen LogP contribution in [0.5, 0.6) is 0 Å². The van der Waals surface area contributed by atoms with Crippen LogP contribution in [0.15, 0.2) is 30.3 Å². The van der Waals surface area contributed by atoms with Gasteiger partial charge in [0.15, 0.2) is 0 Å². The molecule has 0 spiro atoms. The summed E-state index contributed by atoms with van der Waals surface area (Å²) in [5, 5.41) is 4.23. The minimum Gasteiger partial charge on any atom is -0.324 e. The van der Waals surface area contributed by atoms with Gasteiger partial charge in [0.1, 0.15) is 0 Å². The number of nitrogens with zero attached hydrogens (tertiary/aromatic N) is 1. The van der Waals surface area contributed by atoms with Crippen LogP contribution in [0.4, 0.5) is 5.69 Å². The Morgan fingerprint density at radius 3 is 2.29 bits per heavy atom. The first-order valence-corrected chi connectivity index (χ1v) is 8.52. The lowest BCUT2D eigenvalue weighted by atomic mass is 10.1. The molecule has 2 aromatic carbocycles. The third-order valence-electron chi connectivity index (χ3n) is 3.81. The zero-order chi connectivity index (χ0) is 17.9. The van der Waals surface area contributed by atoms with Crippen molar-refractivity contribution in [3.63, 3.8) is 0 Å². The predicted molar refractivity (Wildman–Crippen MR) is 102 cm³/mol. The molecule has 3 nitrogen and oxygen atoms in total. The Hall–Kier alpha value is -1.55. The van der Waals surface area contributed by atoms with Crippen molar-refractivity contribution in [3.8, 4) is 0 Å². The Labute approximate surface area is 153 Å². The molecule has 1 amide bonds. The van der Waals surface area contributed by atoms with Gasteiger partial charge in [-0.15, -0.1) is 0 Å². The van der Waals surface area contributed by atoms with Crippen LogP contribution < -0.4 is 5.32 Å². The third kappa shape index (κ3) is 4.97. The molecule has 0 atom stereocenters. The van der Waals surface area contributed by atoms with Crippen molar-refractivity contribution in [1.29, 1.82) is 0 Å². The van der Waals surface area contributed by atoms with Gasteiger partial charge < -0.3 is 5.32 Å². The number of hydrogen-bond donors (Lipinski definition) is 1. The van der Waals surface area contributed by atoms with Crippen molar-refractivity contribution >= 4 is 34.8 Å². The van der Waals surface area contributed by atoms with Crippen LogP contribution in [-0.2, 0) is 11.3 Å². The maximum absolute atomic E-state index is 12.3. The van der Waals surface area contributed by atoms with E-state index in [1.807, 2.05) is 31.9 Å². The summed E-state index contributed by atoms with van der Waals surface area (Å²) in [6, 6.07) is 9.54. The van der Waals surface area contributed by atoms with Gasteiger partial charge >= 0.3 is 0 Å². The van der Waals surface area contributed by atoms with Crippen molar-refractivity contribution in [3.05, 3.63) is 62.6 Å². The summed E-state index contributed by atoms with van der Waals surface area (Å²) in [5.41, 5.74) is 5.17. The molecular formula is C19H22Cl2N2O. The molecule has 0 aliphatic carbocycles. The Morgan fingerprint density at radius 1 is 1.08 bits per heavy atom. The molecule has 0 saturated heterocycles. The fourth-order valence-electron chi connectivity index (χ4n) is 2.80. The lowest BCUT2D eigenvalue weighted by Crippen LogP contribution is -2.30. The number of amides is 1. The summed E-state index contributed by atoms with van der Waals surface area (Å²) in [4.78, 5) is 14.3. The van der Waals surface area contributed by atoms with E-state index in [1.54, 1.807) is 12.1 Å². The fraction of sp³-hybridized carbons (Fsp3) is 0.316. The highest BCUT2D eigenvalue weighted by Gasteiger charge is 2.12. The van der Waals surface area contributed by atoms with Gasteiger partial charge in [0.2, 0.25) is 5.91 Å². The zero-order valence-electron chi connectivity index (χ0n) is 14.4. The number of anilines is 1. The van der Waals surface area contributed by atoms with Crippen LogP contribution in [-0.4, -0.2) is 24.4 Å². The van der Waals surface area contributed by atoms with Crippen LogP contribution in [0, 0.1) is 20.8 Å². The van der Waals surface area contributed by atoms with Crippen LogP contribution in [0.2, 0.25) is 10.0 Å². The van der Waals surface area contributed by atoms with E-state index in [0.717, 1.165) is 22.4 Å². The van der Waals surface area contributed by atoms with Crippen molar-refractivity contribution in [2.45, 2.75) is 27.3 Å². The highest BCUT2D eigenvalue weighted by Crippen LogP contribution is 2.23. The van der Waals surface area contributed by atoms with Crippen LogP contribution in [0.3, 0.4) is 0 Å². The first kappa shape index (κ1) is 18.8. The predicted octanol–water partition coefficient (Wildman–Crippen LogP) is 4.99. The summed E-state index contributed by atoms with van der Waals surface area (Å²) >= 11 is 12.1. The molecule has 5 heteroatoms. The molecule has 0 aliphatic heterocycles. The molecule has 2 rings (SSSR count). The third-order valence-corrected chi connectivity index (χ3v) is 4.40. The topological polar surface area (TPSA) is 32.3 Å². The smallest absolute Gasteiger partial charge is 0.238 e. The van der Waals surface area contributed by atoms with Gasteiger partial charge in [0.05, 0.1) is 6.54 Å². The Morgan fingerprint density at radius 2 is 1.71 bits per heavy atom. The molecule has 0 unspecified atom stereocenters. The molecule has 0 bridgehead atoms. The zero-order valence-corrected chi connectivity index (χ0v) is 15.9. The number of carbonyl (C=O) groups excluding carboxylic acids is 1. The summed E-state index contributed by atoms with van der Waals surface area (Å²) in [6.07, 6.45) is 0. The second kappa shape index (κ2) is 8.02. The van der Waals surface area contributed by atoms with E-state index in [0.29, 0.717) is 16.6 Å². The van der Waals surface area contributed by atoms with E-state index in [2.05, 4.69) is 24.4 Å². The molecule has 2 aromatic rings. The molecule has 24 heavy (non-hydrogen) atoms. The number of rotatable bonds is 5. The maximum atomic E-state index is 12.3. The lowest BCUT2D eigenvalue weighted by molar-refractivity contribution is -0.117. The van der Waals surface area contributed by atoms with E-state index in [-0.39, 0.29) is 12.5 Å².